The van der Waals surface area contributed by atoms with Crippen molar-refractivity contribution in [3.8, 4) is 11.5 Å². The monoisotopic (exact) mass is 484 g/mol. The number of benzene rings is 3. The number of nitrogens with one attached hydrogen (secondary N) is 1. The van der Waals surface area contributed by atoms with Crippen molar-refractivity contribution in [2.75, 3.05) is 31.6 Å². The van der Waals surface area contributed by atoms with Crippen molar-refractivity contribution >= 4 is 21.6 Å². The molecule has 7 nitrogen and oxygen atoms in total. The first-order chi connectivity index (χ1) is 16.2. The molecule has 1 aliphatic heterocycles. The maximum absolute atomic E-state index is 13.3. The summed E-state index contributed by atoms with van der Waals surface area (Å²) in [6, 6.07) is 15.0. The highest BCUT2D eigenvalue weighted by molar-refractivity contribution is 7.89. The molecule has 34 heavy (non-hydrogen) atoms. The molecule has 178 valence electrons. The Morgan fingerprint density at radius 1 is 0.971 bits per heavy atom. The van der Waals surface area contributed by atoms with Gasteiger partial charge in [-0.3, -0.25) is 4.79 Å². The van der Waals surface area contributed by atoms with Crippen LogP contribution in [0.5, 0.6) is 11.5 Å². The average Bonchev–Trinajstić information content (AvgIpc) is 2.83. The van der Waals surface area contributed by atoms with Crippen molar-refractivity contribution in [1.82, 2.24) is 4.31 Å². The van der Waals surface area contributed by atoms with Crippen molar-refractivity contribution in [3.63, 3.8) is 0 Å². The first-order valence-corrected chi connectivity index (χ1v) is 12.2. The molecule has 4 rings (SSSR count). The number of aryl methyl sites for hydroxylation is 2. The van der Waals surface area contributed by atoms with Gasteiger partial charge in [0.25, 0.3) is 5.91 Å². The largest absolute Gasteiger partial charge is 0.455 e. The molecule has 3 aromatic rings. The smallest absolute Gasteiger partial charge is 0.255 e. The van der Waals surface area contributed by atoms with E-state index < -0.39 is 21.7 Å². The van der Waals surface area contributed by atoms with E-state index in [1.54, 1.807) is 12.1 Å². The third kappa shape index (κ3) is 5.27. The van der Waals surface area contributed by atoms with Crippen molar-refractivity contribution < 1.29 is 27.1 Å². The first-order valence-electron chi connectivity index (χ1n) is 10.8. The van der Waals surface area contributed by atoms with Gasteiger partial charge in [0.2, 0.25) is 10.0 Å². The van der Waals surface area contributed by atoms with Gasteiger partial charge < -0.3 is 14.8 Å². The lowest BCUT2D eigenvalue weighted by molar-refractivity contribution is 0.0730. The molecule has 1 heterocycles. The third-order valence-corrected chi connectivity index (χ3v) is 7.51. The van der Waals surface area contributed by atoms with Crippen LogP contribution in [-0.4, -0.2) is 44.9 Å². The second kappa shape index (κ2) is 9.92. The predicted molar refractivity (Wildman–Crippen MR) is 126 cm³/mol. The first kappa shape index (κ1) is 23.9. The molecule has 0 unspecified atom stereocenters. The zero-order valence-corrected chi connectivity index (χ0v) is 19.7. The summed E-state index contributed by atoms with van der Waals surface area (Å²) in [5, 5.41) is 2.77. The average molecular weight is 485 g/mol. The quantitative estimate of drug-likeness (QED) is 0.557. The van der Waals surface area contributed by atoms with Crippen LogP contribution in [0.15, 0.2) is 65.6 Å². The van der Waals surface area contributed by atoms with E-state index in [1.165, 1.54) is 46.8 Å². The molecular weight excluding hydrogens is 459 g/mol. The summed E-state index contributed by atoms with van der Waals surface area (Å²) in [6.07, 6.45) is 0. The number of morpholine rings is 1. The summed E-state index contributed by atoms with van der Waals surface area (Å²) in [5.41, 5.74) is 2.62. The van der Waals surface area contributed by atoms with E-state index in [0.29, 0.717) is 24.5 Å². The number of hydrogen-bond donors (Lipinski definition) is 1. The summed E-state index contributed by atoms with van der Waals surface area (Å²) in [4.78, 5) is 13.0. The zero-order chi connectivity index (χ0) is 24.3. The van der Waals surface area contributed by atoms with Crippen LogP contribution >= 0.6 is 0 Å². The fourth-order valence-corrected chi connectivity index (χ4v) is 4.93. The number of ether oxygens (including phenoxy) is 2. The van der Waals surface area contributed by atoms with E-state index in [1.807, 2.05) is 19.9 Å². The van der Waals surface area contributed by atoms with Crippen molar-refractivity contribution in [2.24, 2.45) is 0 Å². The normalized spacial score (nSPS) is 14.6. The third-order valence-electron chi connectivity index (χ3n) is 5.62. The van der Waals surface area contributed by atoms with Crippen LogP contribution in [0.4, 0.5) is 10.1 Å². The number of hydrogen-bond acceptors (Lipinski definition) is 5. The molecule has 0 aromatic heterocycles. The van der Waals surface area contributed by atoms with Gasteiger partial charge in [-0.15, -0.1) is 0 Å². The predicted octanol–water partition coefficient (Wildman–Crippen LogP) is 4.51. The van der Waals surface area contributed by atoms with Gasteiger partial charge in [0.1, 0.15) is 11.6 Å². The lowest BCUT2D eigenvalue weighted by atomic mass is 10.1. The number of amides is 1. The highest BCUT2D eigenvalue weighted by Gasteiger charge is 2.27. The summed E-state index contributed by atoms with van der Waals surface area (Å²) in [6.45, 7) is 5.00. The number of carbonyl (C=O) groups is 1. The molecule has 1 saturated heterocycles. The van der Waals surface area contributed by atoms with Crippen LogP contribution in [0, 0.1) is 19.7 Å². The van der Waals surface area contributed by atoms with Crippen molar-refractivity contribution in [1.29, 1.82) is 0 Å². The van der Waals surface area contributed by atoms with E-state index in [-0.39, 0.29) is 29.4 Å². The number of nitrogens with zero attached hydrogens (tertiary/aromatic N) is 1. The maximum Gasteiger partial charge on any atom is 0.255 e. The molecule has 3 aromatic carbocycles. The van der Waals surface area contributed by atoms with Crippen LogP contribution in [-0.2, 0) is 14.8 Å². The Kier molecular flexibility index (Phi) is 6.97. The summed E-state index contributed by atoms with van der Waals surface area (Å²) < 4.78 is 52.1. The van der Waals surface area contributed by atoms with E-state index in [0.717, 1.165) is 11.1 Å². The van der Waals surface area contributed by atoms with E-state index >= 15 is 0 Å². The van der Waals surface area contributed by atoms with Gasteiger partial charge in [0.05, 0.1) is 23.8 Å². The minimum absolute atomic E-state index is 0.0243. The number of halogens is 1. The second-order valence-electron chi connectivity index (χ2n) is 7.98. The maximum atomic E-state index is 13.3. The van der Waals surface area contributed by atoms with Crippen LogP contribution in [0.3, 0.4) is 0 Å². The molecule has 0 spiro atoms. The van der Waals surface area contributed by atoms with Gasteiger partial charge in [0.15, 0.2) is 5.75 Å². The van der Waals surface area contributed by atoms with Gasteiger partial charge in [-0.2, -0.15) is 4.31 Å². The molecule has 1 aliphatic rings. The fraction of sp³-hybridized carbons (Fsp3) is 0.240. The molecular formula is C25H25FN2O5S. The van der Waals surface area contributed by atoms with Crippen LogP contribution in [0.1, 0.15) is 21.5 Å². The van der Waals surface area contributed by atoms with Gasteiger partial charge in [0, 0.05) is 18.7 Å². The Morgan fingerprint density at radius 2 is 1.68 bits per heavy atom. The summed E-state index contributed by atoms with van der Waals surface area (Å²) in [5.74, 6) is -0.257. The summed E-state index contributed by atoms with van der Waals surface area (Å²) >= 11 is 0. The van der Waals surface area contributed by atoms with Crippen molar-refractivity contribution in [2.45, 2.75) is 18.7 Å². The fourth-order valence-electron chi connectivity index (χ4n) is 3.50. The topological polar surface area (TPSA) is 84.9 Å². The molecule has 0 bridgehead atoms. The molecule has 0 aliphatic carbocycles. The molecule has 9 heteroatoms. The number of anilines is 1. The van der Waals surface area contributed by atoms with E-state index in [2.05, 4.69) is 5.32 Å². The van der Waals surface area contributed by atoms with E-state index in [9.17, 15) is 17.6 Å². The van der Waals surface area contributed by atoms with Crippen molar-refractivity contribution in [3.05, 3.63) is 83.2 Å². The van der Waals surface area contributed by atoms with Crippen LogP contribution < -0.4 is 10.1 Å². The number of rotatable bonds is 6. The molecule has 0 atom stereocenters. The van der Waals surface area contributed by atoms with Gasteiger partial charge in [-0.05, 0) is 79.6 Å². The summed E-state index contributed by atoms with van der Waals surface area (Å²) in [7, 11) is -3.80. The van der Waals surface area contributed by atoms with Gasteiger partial charge >= 0.3 is 0 Å². The molecule has 1 N–H and O–H groups in total. The lowest BCUT2D eigenvalue weighted by Gasteiger charge is -2.26. The standard InChI is InChI=1S/C25H25FN2O5S/c1-17-3-4-19(15-18(17)2)25(29)27-23-16-22(34(30,31)28-11-13-32-14-12-28)9-10-24(23)33-21-7-5-20(26)6-8-21/h3-10,15-16H,11-14H2,1-2H3,(H,27,29). The van der Waals surface area contributed by atoms with Gasteiger partial charge in [-0.25, -0.2) is 12.8 Å². The Hall–Kier alpha value is -3.27. The minimum Gasteiger partial charge on any atom is -0.455 e. The number of sulfonamides is 1. The Bertz CT molecular complexity index is 1300. The second-order valence-corrected chi connectivity index (χ2v) is 9.92. The SMILES string of the molecule is Cc1ccc(C(=O)Nc2cc(S(=O)(=O)N3CCOCC3)ccc2Oc2ccc(F)cc2)cc1C. The Morgan fingerprint density at radius 3 is 2.35 bits per heavy atom. The lowest BCUT2D eigenvalue weighted by Crippen LogP contribution is -2.40. The van der Waals surface area contributed by atoms with Crippen LogP contribution in [0.25, 0.3) is 0 Å². The molecule has 0 radical (unpaired) electrons. The Balaban J connectivity index is 1.69. The highest BCUT2D eigenvalue weighted by atomic mass is 32.2. The number of carbonyl (C=O) groups excluding carboxylic acids is 1. The molecule has 1 amide bonds. The van der Waals surface area contributed by atoms with Crippen LogP contribution in [0.2, 0.25) is 0 Å². The zero-order valence-electron chi connectivity index (χ0n) is 18.9. The highest BCUT2D eigenvalue weighted by Crippen LogP contribution is 2.33. The van der Waals surface area contributed by atoms with Gasteiger partial charge in [-0.1, -0.05) is 6.07 Å². The Labute approximate surface area is 198 Å². The molecule has 1 fully saturated rings. The molecule has 0 saturated carbocycles. The minimum atomic E-state index is -3.80. The van der Waals surface area contributed by atoms with E-state index in [4.69, 9.17) is 9.47 Å².